The van der Waals surface area contributed by atoms with Crippen molar-refractivity contribution in [2.45, 2.75) is 19.3 Å². The molecule has 128 valence electrons. The summed E-state index contributed by atoms with van der Waals surface area (Å²) in [5.41, 5.74) is 6.38. The molecule has 1 aliphatic heterocycles. The first-order chi connectivity index (χ1) is 12.2. The monoisotopic (exact) mass is 337 g/mol. The van der Waals surface area contributed by atoms with E-state index in [0.717, 1.165) is 36.8 Å². The van der Waals surface area contributed by atoms with Gasteiger partial charge in [-0.05, 0) is 31.4 Å². The van der Waals surface area contributed by atoms with Gasteiger partial charge in [0.1, 0.15) is 11.5 Å². The molecule has 0 radical (unpaired) electrons. The number of amides is 1. The molecule has 8 heteroatoms. The van der Waals surface area contributed by atoms with Crippen LogP contribution in [-0.4, -0.2) is 39.2 Å². The van der Waals surface area contributed by atoms with Crippen molar-refractivity contribution in [3.05, 3.63) is 36.0 Å². The second-order valence-corrected chi connectivity index (χ2v) is 6.09. The summed E-state index contributed by atoms with van der Waals surface area (Å²) in [5.74, 6) is 1.31. The molecule has 4 N–H and O–H groups in total. The number of carbonyl (C=O) groups is 1. The van der Waals surface area contributed by atoms with E-state index in [1.807, 2.05) is 24.3 Å². The van der Waals surface area contributed by atoms with Gasteiger partial charge in [0.05, 0.1) is 5.52 Å². The molecule has 8 nitrogen and oxygen atoms in total. The van der Waals surface area contributed by atoms with Gasteiger partial charge < -0.3 is 16.0 Å². The minimum atomic E-state index is -0.554. The van der Waals surface area contributed by atoms with E-state index in [2.05, 4.69) is 20.4 Å². The number of aromatic amines is 1. The number of nitrogens with two attached hydrogens (primary N) is 1. The number of hydrogen-bond acceptors (Lipinski definition) is 6. The Labute approximate surface area is 144 Å². The second kappa shape index (κ2) is 6.39. The summed E-state index contributed by atoms with van der Waals surface area (Å²) in [7, 11) is 0. The van der Waals surface area contributed by atoms with Crippen molar-refractivity contribution in [3.8, 4) is 0 Å². The third kappa shape index (κ3) is 3.10. The van der Waals surface area contributed by atoms with Crippen molar-refractivity contribution in [2.24, 2.45) is 5.73 Å². The number of piperidine rings is 1. The number of fused-ring (bicyclic) bond motifs is 1. The molecule has 1 amide bonds. The van der Waals surface area contributed by atoms with E-state index in [9.17, 15) is 4.79 Å². The van der Waals surface area contributed by atoms with E-state index in [-0.39, 0.29) is 5.69 Å². The van der Waals surface area contributed by atoms with E-state index in [1.165, 1.54) is 6.42 Å². The number of benzene rings is 1. The summed E-state index contributed by atoms with van der Waals surface area (Å²) >= 11 is 0. The largest absolute Gasteiger partial charge is 0.364 e. The fraction of sp³-hybridized carbons (Fsp3) is 0.294. The first-order valence-corrected chi connectivity index (χ1v) is 8.35. The van der Waals surface area contributed by atoms with Gasteiger partial charge >= 0.3 is 0 Å². The van der Waals surface area contributed by atoms with Crippen molar-refractivity contribution in [3.63, 3.8) is 0 Å². The highest BCUT2D eigenvalue weighted by Crippen LogP contribution is 2.27. The zero-order valence-electron chi connectivity index (χ0n) is 13.7. The van der Waals surface area contributed by atoms with Crippen LogP contribution in [0.5, 0.6) is 0 Å². The predicted molar refractivity (Wildman–Crippen MR) is 96.0 cm³/mol. The van der Waals surface area contributed by atoms with Crippen molar-refractivity contribution < 1.29 is 4.79 Å². The summed E-state index contributed by atoms with van der Waals surface area (Å²) in [6.07, 6.45) is 3.55. The molecule has 1 saturated heterocycles. The van der Waals surface area contributed by atoms with Gasteiger partial charge in [-0.25, -0.2) is 4.98 Å². The molecule has 0 aliphatic carbocycles. The number of nitrogens with one attached hydrogen (secondary N) is 2. The fourth-order valence-electron chi connectivity index (χ4n) is 3.03. The molecule has 1 aliphatic rings. The third-order valence-electron chi connectivity index (χ3n) is 4.32. The van der Waals surface area contributed by atoms with Gasteiger partial charge in [-0.1, -0.05) is 12.1 Å². The number of rotatable bonds is 4. The normalized spacial score (nSPS) is 14.6. The van der Waals surface area contributed by atoms with Crippen LogP contribution in [0, 0.1) is 0 Å². The maximum absolute atomic E-state index is 11.2. The number of anilines is 3. The molecule has 3 heterocycles. The van der Waals surface area contributed by atoms with E-state index >= 15 is 0 Å². The predicted octanol–water partition coefficient (Wildman–Crippen LogP) is 2.19. The number of hydrogen-bond donors (Lipinski definition) is 3. The third-order valence-corrected chi connectivity index (χ3v) is 4.32. The lowest BCUT2D eigenvalue weighted by Crippen LogP contribution is -2.31. The Kier molecular flexibility index (Phi) is 3.93. The highest BCUT2D eigenvalue weighted by molar-refractivity contribution is 5.93. The molecule has 0 spiro atoms. The van der Waals surface area contributed by atoms with Crippen LogP contribution in [0.15, 0.2) is 30.3 Å². The molecule has 0 saturated carbocycles. The Morgan fingerprint density at radius 3 is 2.72 bits per heavy atom. The summed E-state index contributed by atoms with van der Waals surface area (Å²) in [5, 5.41) is 10.8. The van der Waals surface area contributed by atoms with Gasteiger partial charge in [0.2, 0.25) is 5.95 Å². The summed E-state index contributed by atoms with van der Waals surface area (Å²) in [4.78, 5) is 22.9. The Hall–Kier alpha value is -3.16. The highest BCUT2D eigenvalue weighted by Gasteiger charge is 2.17. The quantitative estimate of drug-likeness (QED) is 0.672. The molecular weight excluding hydrogens is 318 g/mol. The van der Waals surface area contributed by atoms with Crippen molar-refractivity contribution >= 4 is 34.4 Å². The van der Waals surface area contributed by atoms with Crippen molar-refractivity contribution in [1.82, 2.24) is 20.2 Å². The topological polar surface area (TPSA) is 113 Å². The molecule has 25 heavy (non-hydrogen) atoms. The van der Waals surface area contributed by atoms with Crippen LogP contribution in [-0.2, 0) is 0 Å². The smallest absolute Gasteiger partial charge is 0.266 e. The van der Waals surface area contributed by atoms with Crippen LogP contribution < -0.4 is 16.0 Å². The van der Waals surface area contributed by atoms with Crippen LogP contribution >= 0.6 is 0 Å². The zero-order chi connectivity index (χ0) is 17.2. The average Bonchev–Trinajstić information content (AvgIpc) is 3.11. The highest BCUT2D eigenvalue weighted by atomic mass is 16.1. The van der Waals surface area contributed by atoms with Crippen LogP contribution in [0.2, 0.25) is 0 Å². The van der Waals surface area contributed by atoms with Crippen LogP contribution in [0.25, 0.3) is 10.9 Å². The average molecular weight is 337 g/mol. The number of carbonyl (C=O) groups excluding carboxylic acids is 1. The molecule has 0 unspecified atom stereocenters. The maximum Gasteiger partial charge on any atom is 0.266 e. The van der Waals surface area contributed by atoms with Gasteiger partial charge in [-0.15, -0.1) is 0 Å². The van der Waals surface area contributed by atoms with Crippen LogP contribution in [0.1, 0.15) is 29.8 Å². The van der Waals surface area contributed by atoms with Crippen molar-refractivity contribution in [1.29, 1.82) is 0 Å². The van der Waals surface area contributed by atoms with Gasteiger partial charge in [-0.3, -0.25) is 9.89 Å². The summed E-state index contributed by atoms with van der Waals surface area (Å²) in [6.45, 7) is 1.93. The minimum absolute atomic E-state index is 0.247. The molecule has 0 atom stereocenters. The SMILES string of the molecule is NC(=O)c1cc(Nc2nc(N3CCCCC3)nc3ccccc23)n[nH]1. The maximum atomic E-state index is 11.2. The number of nitrogens with zero attached hydrogens (tertiary/aromatic N) is 4. The summed E-state index contributed by atoms with van der Waals surface area (Å²) < 4.78 is 0. The van der Waals surface area contributed by atoms with Gasteiger partial charge in [0.15, 0.2) is 5.82 Å². The van der Waals surface area contributed by atoms with Crippen LogP contribution in [0.3, 0.4) is 0 Å². The van der Waals surface area contributed by atoms with Crippen LogP contribution in [0.4, 0.5) is 17.6 Å². The lowest BCUT2D eigenvalue weighted by Gasteiger charge is -2.27. The van der Waals surface area contributed by atoms with Crippen molar-refractivity contribution in [2.75, 3.05) is 23.3 Å². The van der Waals surface area contributed by atoms with Gasteiger partial charge in [-0.2, -0.15) is 10.1 Å². The zero-order valence-corrected chi connectivity index (χ0v) is 13.7. The Morgan fingerprint density at radius 2 is 1.96 bits per heavy atom. The first-order valence-electron chi connectivity index (χ1n) is 8.35. The van der Waals surface area contributed by atoms with Gasteiger partial charge in [0, 0.05) is 24.5 Å². The number of primary amides is 1. The molecule has 1 aromatic carbocycles. The first kappa shape index (κ1) is 15.4. The molecular formula is C17H19N7O. The number of H-pyrrole nitrogens is 1. The lowest BCUT2D eigenvalue weighted by molar-refractivity contribution is 0.0995. The fourth-order valence-corrected chi connectivity index (χ4v) is 3.03. The molecule has 1 fully saturated rings. The lowest BCUT2D eigenvalue weighted by atomic mass is 10.1. The van der Waals surface area contributed by atoms with E-state index < -0.39 is 5.91 Å². The Balaban J connectivity index is 1.73. The van der Waals surface area contributed by atoms with E-state index in [1.54, 1.807) is 6.07 Å². The van der Waals surface area contributed by atoms with Gasteiger partial charge in [0.25, 0.3) is 5.91 Å². The standard InChI is InChI=1S/C17H19N7O/c18-15(25)13-10-14(23-22-13)20-16-11-6-2-3-7-12(11)19-17(21-16)24-8-4-1-5-9-24/h2-3,6-7,10H,1,4-5,8-9H2,(H2,18,25)(H2,19,20,21,22,23). The molecule has 0 bridgehead atoms. The van der Waals surface area contributed by atoms with E-state index in [4.69, 9.17) is 15.7 Å². The summed E-state index contributed by atoms with van der Waals surface area (Å²) in [6, 6.07) is 9.39. The Morgan fingerprint density at radius 1 is 1.16 bits per heavy atom. The number of aromatic nitrogens is 4. The minimum Gasteiger partial charge on any atom is -0.364 e. The molecule has 3 aromatic rings. The Bertz CT molecular complexity index is 914. The second-order valence-electron chi connectivity index (χ2n) is 6.09. The number of para-hydroxylation sites is 1. The molecule has 4 rings (SSSR count). The van der Waals surface area contributed by atoms with E-state index in [0.29, 0.717) is 17.6 Å². The molecule has 2 aromatic heterocycles.